The van der Waals surface area contributed by atoms with Crippen LogP contribution in [0.1, 0.15) is 30.9 Å². The van der Waals surface area contributed by atoms with E-state index in [1.807, 2.05) is 37.3 Å². The van der Waals surface area contributed by atoms with Gasteiger partial charge in [0.15, 0.2) is 0 Å². The van der Waals surface area contributed by atoms with Gasteiger partial charge in [-0.3, -0.25) is 14.9 Å². The fourth-order valence-electron chi connectivity index (χ4n) is 3.54. The number of amides is 2. The predicted octanol–water partition coefficient (Wildman–Crippen LogP) is 3.34. The van der Waals surface area contributed by atoms with Crippen LogP contribution in [0.25, 0.3) is 0 Å². The molecule has 7 nitrogen and oxygen atoms in total. The standard InChI is InChI=1S/C26H34N2O5S/c1-19(27-16-22(29)18-32-14-6-5-9-20-7-3-2-4-8-20)17-33-23-12-10-21(11-13-23)15-24-25(30)28-26(31)34-24/h2-4,7-8,10-13,19,22,24,27,29H,5-6,9,14-18H2,1H3,(H,28,30,31). The third kappa shape index (κ3) is 9.46. The zero-order valence-corrected chi connectivity index (χ0v) is 20.4. The lowest BCUT2D eigenvalue weighted by Crippen LogP contribution is -2.39. The van der Waals surface area contributed by atoms with E-state index in [4.69, 9.17) is 9.47 Å². The van der Waals surface area contributed by atoms with Gasteiger partial charge >= 0.3 is 0 Å². The van der Waals surface area contributed by atoms with Crippen LogP contribution in [0, 0.1) is 0 Å². The topological polar surface area (TPSA) is 96.9 Å². The molecule has 1 aliphatic rings. The van der Waals surface area contributed by atoms with Crippen molar-refractivity contribution in [2.45, 2.75) is 50.0 Å². The molecule has 2 aromatic rings. The van der Waals surface area contributed by atoms with Crippen molar-refractivity contribution < 1.29 is 24.2 Å². The number of unbranched alkanes of at least 4 members (excludes halogenated alkanes) is 1. The van der Waals surface area contributed by atoms with Crippen molar-refractivity contribution in [1.29, 1.82) is 0 Å². The van der Waals surface area contributed by atoms with Gasteiger partial charge in [0, 0.05) is 19.2 Å². The van der Waals surface area contributed by atoms with Crippen molar-refractivity contribution >= 4 is 22.9 Å². The van der Waals surface area contributed by atoms with Crippen LogP contribution in [-0.4, -0.2) is 60.0 Å². The van der Waals surface area contributed by atoms with Gasteiger partial charge in [0.1, 0.15) is 12.4 Å². The minimum atomic E-state index is -0.562. The Morgan fingerprint density at radius 1 is 1.03 bits per heavy atom. The molecule has 34 heavy (non-hydrogen) atoms. The van der Waals surface area contributed by atoms with Gasteiger partial charge in [0.2, 0.25) is 5.91 Å². The zero-order chi connectivity index (χ0) is 24.2. The van der Waals surface area contributed by atoms with Crippen molar-refractivity contribution in [2.24, 2.45) is 0 Å². The average molecular weight is 487 g/mol. The van der Waals surface area contributed by atoms with Gasteiger partial charge < -0.3 is 19.9 Å². The van der Waals surface area contributed by atoms with E-state index in [0.29, 0.717) is 32.8 Å². The molecule has 1 heterocycles. The normalized spacial score (nSPS) is 17.4. The number of hydrogen-bond donors (Lipinski definition) is 3. The highest BCUT2D eigenvalue weighted by Crippen LogP contribution is 2.23. The van der Waals surface area contributed by atoms with Gasteiger partial charge in [-0.15, -0.1) is 0 Å². The summed E-state index contributed by atoms with van der Waals surface area (Å²) in [5.41, 5.74) is 2.32. The highest BCUT2D eigenvalue weighted by atomic mass is 32.2. The second-order valence-corrected chi connectivity index (χ2v) is 9.70. The molecule has 3 N–H and O–H groups in total. The summed E-state index contributed by atoms with van der Waals surface area (Å²) in [6.07, 6.45) is 3.04. The van der Waals surface area contributed by atoms with E-state index in [1.54, 1.807) is 0 Å². The lowest BCUT2D eigenvalue weighted by Gasteiger charge is -2.18. The Bertz CT molecular complexity index is 894. The highest BCUT2D eigenvalue weighted by Gasteiger charge is 2.31. The highest BCUT2D eigenvalue weighted by molar-refractivity contribution is 8.15. The molecule has 3 unspecified atom stereocenters. The number of hydrogen-bond acceptors (Lipinski definition) is 7. The van der Waals surface area contributed by atoms with Crippen LogP contribution in [0.15, 0.2) is 54.6 Å². The van der Waals surface area contributed by atoms with Gasteiger partial charge in [-0.2, -0.15) is 0 Å². The van der Waals surface area contributed by atoms with E-state index in [0.717, 1.165) is 42.3 Å². The Labute approximate surface area is 205 Å². The molecule has 0 saturated carbocycles. The summed E-state index contributed by atoms with van der Waals surface area (Å²) in [5.74, 6) is 0.502. The number of nitrogens with one attached hydrogen (secondary N) is 2. The molecule has 0 aliphatic carbocycles. The summed E-state index contributed by atoms with van der Waals surface area (Å²) in [7, 11) is 0. The third-order valence-electron chi connectivity index (χ3n) is 5.47. The van der Waals surface area contributed by atoms with E-state index in [2.05, 4.69) is 34.9 Å². The Balaban J connectivity index is 1.22. The predicted molar refractivity (Wildman–Crippen MR) is 134 cm³/mol. The number of thioether (sulfide) groups is 1. The second kappa shape index (κ2) is 14.1. The van der Waals surface area contributed by atoms with E-state index < -0.39 is 6.10 Å². The van der Waals surface area contributed by atoms with Crippen molar-refractivity contribution in [3.63, 3.8) is 0 Å². The smallest absolute Gasteiger partial charge is 0.286 e. The molecule has 3 atom stereocenters. The Morgan fingerprint density at radius 3 is 2.50 bits per heavy atom. The quantitative estimate of drug-likeness (QED) is 0.332. The molecule has 3 rings (SSSR count). The maximum Gasteiger partial charge on any atom is 0.286 e. The second-order valence-electron chi connectivity index (χ2n) is 8.52. The van der Waals surface area contributed by atoms with Crippen molar-refractivity contribution in [1.82, 2.24) is 10.6 Å². The number of benzene rings is 2. The molecular formula is C26H34N2O5S. The Hall–Kier alpha value is -2.39. The molecule has 8 heteroatoms. The fraction of sp³-hybridized carbons (Fsp3) is 0.462. The number of aryl methyl sites for hydroxylation is 1. The molecule has 1 fully saturated rings. The summed E-state index contributed by atoms with van der Waals surface area (Å²) in [4.78, 5) is 23.0. The summed E-state index contributed by atoms with van der Waals surface area (Å²) in [6, 6.07) is 18.0. The van der Waals surface area contributed by atoms with Crippen molar-refractivity contribution in [3.05, 3.63) is 65.7 Å². The molecule has 1 aliphatic heterocycles. The number of imide groups is 1. The molecule has 1 saturated heterocycles. The number of ether oxygens (including phenoxy) is 2. The van der Waals surface area contributed by atoms with E-state index in [9.17, 15) is 14.7 Å². The summed E-state index contributed by atoms with van der Waals surface area (Å²) in [5, 5.41) is 15.0. The van der Waals surface area contributed by atoms with Gasteiger partial charge in [-0.1, -0.05) is 54.2 Å². The molecule has 2 aromatic carbocycles. The lowest BCUT2D eigenvalue weighted by atomic mass is 10.1. The number of carbonyl (C=O) groups is 2. The summed E-state index contributed by atoms with van der Waals surface area (Å²) < 4.78 is 11.4. The molecule has 0 spiro atoms. The van der Waals surface area contributed by atoms with E-state index >= 15 is 0 Å². The third-order valence-corrected chi connectivity index (χ3v) is 6.45. The first-order valence-corrected chi connectivity index (χ1v) is 12.6. The first-order valence-electron chi connectivity index (χ1n) is 11.8. The van der Waals surface area contributed by atoms with Crippen molar-refractivity contribution in [2.75, 3.05) is 26.4 Å². The van der Waals surface area contributed by atoms with Crippen LogP contribution in [0.5, 0.6) is 5.75 Å². The first-order chi connectivity index (χ1) is 16.5. The average Bonchev–Trinajstić information content (AvgIpc) is 3.16. The van der Waals surface area contributed by atoms with Gasteiger partial charge in [0.25, 0.3) is 5.24 Å². The van der Waals surface area contributed by atoms with E-state index in [-0.39, 0.29) is 22.4 Å². The summed E-state index contributed by atoms with van der Waals surface area (Å²) in [6.45, 7) is 3.86. The van der Waals surface area contributed by atoms with Crippen LogP contribution in [-0.2, 0) is 22.4 Å². The van der Waals surface area contributed by atoms with E-state index in [1.165, 1.54) is 5.56 Å². The number of carbonyl (C=O) groups excluding carboxylic acids is 2. The number of aliphatic hydroxyl groups is 1. The van der Waals surface area contributed by atoms with Gasteiger partial charge in [0.05, 0.1) is 18.0 Å². The molecule has 0 bridgehead atoms. The van der Waals surface area contributed by atoms with Crippen molar-refractivity contribution in [3.8, 4) is 5.75 Å². The van der Waals surface area contributed by atoms with Crippen LogP contribution in [0.2, 0.25) is 0 Å². The number of rotatable bonds is 15. The van der Waals surface area contributed by atoms with Crippen LogP contribution >= 0.6 is 11.8 Å². The maximum absolute atomic E-state index is 11.7. The Kier molecular flexibility index (Phi) is 10.9. The Morgan fingerprint density at radius 2 is 1.79 bits per heavy atom. The zero-order valence-electron chi connectivity index (χ0n) is 19.6. The molecule has 0 radical (unpaired) electrons. The molecular weight excluding hydrogens is 452 g/mol. The van der Waals surface area contributed by atoms with Gasteiger partial charge in [-0.25, -0.2) is 0 Å². The molecule has 184 valence electrons. The lowest BCUT2D eigenvalue weighted by molar-refractivity contribution is -0.118. The van der Waals surface area contributed by atoms with Crippen LogP contribution in [0.4, 0.5) is 4.79 Å². The van der Waals surface area contributed by atoms with Crippen LogP contribution < -0.4 is 15.4 Å². The molecule has 0 aromatic heterocycles. The van der Waals surface area contributed by atoms with Crippen LogP contribution in [0.3, 0.4) is 0 Å². The fourth-order valence-corrected chi connectivity index (χ4v) is 4.40. The first kappa shape index (κ1) is 26.2. The SMILES string of the molecule is CC(COc1ccc(CC2SC(=O)NC2=O)cc1)NCC(O)COCCCCc1ccccc1. The monoisotopic (exact) mass is 486 g/mol. The maximum atomic E-state index is 11.7. The molecule has 2 amide bonds. The van der Waals surface area contributed by atoms with Gasteiger partial charge in [-0.05, 0) is 55.9 Å². The number of aliphatic hydroxyl groups excluding tert-OH is 1. The minimum Gasteiger partial charge on any atom is -0.492 e. The summed E-state index contributed by atoms with van der Waals surface area (Å²) >= 11 is 1.03. The largest absolute Gasteiger partial charge is 0.492 e. The minimum absolute atomic E-state index is 0.0600.